The highest BCUT2D eigenvalue weighted by atomic mass is 32.2. The van der Waals surface area contributed by atoms with Gasteiger partial charge in [0.05, 0.1) is 16.9 Å². The lowest BCUT2D eigenvalue weighted by Crippen LogP contribution is -2.38. The summed E-state index contributed by atoms with van der Waals surface area (Å²) in [5, 5.41) is 17.1. The first-order valence-corrected chi connectivity index (χ1v) is 9.19. The number of nitrogens with one attached hydrogen (secondary N) is 2. The number of rotatable bonds is 8. The number of thioether (sulfide) groups is 1. The molecule has 2 aromatic rings. The Bertz CT molecular complexity index is 795. The molecule has 8 nitrogen and oxygen atoms in total. The van der Waals surface area contributed by atoms with Crippen LogP contribution in [0.15, 0.2) is 29.4 Å². The Kier molecular flexibility index (Phi) is 5.82. The number of halogens is 1. The Morgan fingerprint density at radius 1 is 1.31 bits per heavy atom. The number of nitrogens with zero attached hydrogens (tertiary/aromatic N) is 4. The molecule has 1 aromatic heterocycles. The smallest absolute Gasteiger partial charge is 0.254 e. The van der Waals surface area contributed by atoms with Crippen molar-refractivity contribution in [2.24, 2.45) is 0 Å². The van der Waals surface area contributed by atoms with Gasteiger partial charge in [-0.1, -0.05) is 23.9 Å². The number of hydrogen-bond acceptors (Lipinski definition) is 6. The summed E-state index contributed by atoms with van der Waals surface area (Å²) in [7, 11) is 0. The van der Waals surface area contributed by atoms with Crippen LogP contribution in [-0.2, 0) is 4.79 Å². The van der Waals surface area contributed by atoms with Crippen molar-refractivity contribution in [3.05, 3.63) is 35.6 Å². The van der Waals surface area contributed by atoms with Crippen molar-refractivity contribution >= 4 is 23.6 Å². The highest BCUT2D eigenvalue weighted by Gasteiger charge is 2.29. The molecule has 10 heteroatoms. The van der Waals surface area contributed by atoms with Gasteiger partial charge in [-0.3, -0.25) is 9.59 Å². The number of hydrogen-bond donors (Lipinski definition) is 2. The van der Waals surface area contributed by atoms with Gasteiger partial charge in [-0.15, -0.1) is 5.10 Å². The molecule has 0 radical (unpaired) electrons. The van der Waals surface area contributed by atoms with Crippen LogP contribution in [0.25, 0.3) is 0 Å². The summed E-state index contributed by atoms with van der Waals surface area (Å²) in [5.41, 5.74) is -0.0188. The van der Waals surface area contributed by atoms with Gasteiger partial charge in [-0.2, -0.15) is 0 Å². The Morgan fingerprint density at radius 2 is 2.04 bits per heavy atom. The molecule has 1 aliphatic rings. The largest absolute Gasteiger partial charge is 0.353 e. The monoisotopic (exact) mass is 378 g/mol. The van der Waals surface area contributed by atoms with Crippen molar-refractivity contribution in [3.8, 4) is 0 Å². The lowest BCUT2D eigenvalue weighted by molar-refractivity contribution is -0.120. The number of tetrazole rings is 1. The molecule has 1 fully saturated rings. The predicted octanol–water partition coefficient (Wildman–Crippen LogP) is 1.17. The molecule has 2 N–H and O–H groups in total. The molecule has 1 aromatic carbocycles. The summed E-state index contributed by atoms with van der Waals surface area (Å²) in [6, 6.07) is 6.09. The van der Waals surface area contributed by atoms with Gasteiger partial charge >= 0.3 is 0 Å². The summed E-state index contributed by atoms with van der Waals surface area (Å²) >= 11 is 1.29. The molecule has 0 aliphatic heterocycles. The van der Waals surface area contributed by atoms with Crippen LogP contribution in [0.4, 0.5) is 4.39 Å². The van der Waals surface area contributed by atoms with E-state index in [4.69, 9.17) is 0 Å². The van der Waals surface area contributed by atoms with Gasteiger partial charge in [-0.25, -0.2) is 9.07 Å². The first-order chi connectivity index (χ1) is 12.6. The first-order valence-electron chi connectivity index (χ1n) is 8.31. The number of benzene rings is 1. The van der Waals surface area contributed by atoms with E-state index in [2.05, 4.69) is 26.2 Å². The minimum Gasteiger partial charge on any atom is -0.353 e. The molecule has 0 spiro atoms. The highest BCUT2D eigenvalue weighted by molar-refractivity contribution is 8.00. The minimum atomic E-state index is -0.576. The summed E-state index contributed by atoms with van der Waals surface area (Å²) < 4.78 is 15.3. The normalized spacial score (nSPS) is 14.7. The maximum atomic E-state index is 13.5. The second kappa shape index (κ2) is 8.26. The third-order valence-corrected chi connectivity index (χ3v) is 4.88. The fourth-order valence-electron chi connectivity index (χ4n) is 2.27. The molecule has 138 valence electrons. The highest BCUT2D eigenvalue weighted by Crippen LogP contribution is 2.37. The van der Waals surface area contributed by atoms with Gasteiger partial charge in [0.15, 0.2) is 0 Å². The van der Waals surface area contributed by atoms with E-state index < -0.39 is 11.7 Å². The van der Waals surface area contributed by atoms with Gasteiger partial charge < -0.3 is 10.6 Å². The lowest BCUT2D eigenvalue weighted by Gasteiger charge is -2.12. The van der Waals surface area contributed by atoms with Crippen LogP contribution in [0.1, 0.15) is 36.2 Å². The van der Waals surface area contributed by atoms with E-state index in [1.807, 2.05) is 0 Å². The molecule has 0 saturated heterocycles. The number of carbonyl (C=O) groups is 2. The van der Waals surface area contributed by atoms with Crippen molar-refractivity contribution in [1.82, 2.24) is 30.8 Å². The van der Waals surface area contributed by atoms with Gasteiger partial charge in [-0.05, 0) is 42.3 Å². The molecule has 26 heavy (non-hydrogen) atoms. The van der Waals surface area contributed by atoms with Crippen LogP contribution in [0, 0.1) is 5.82 Å². The van der Waals surface area contributed by atoms with Crippen molar-refractivity contribution in [3.63, 3.8) is 0 Å². The lowest BCUT2D eigenvalue weighted by atomic mass is 10.2. The van der Waals surface area contributed by atoms with Gasteiger partial charge in [0.25, 0.3) is 5.91 Å². The Hall–Kier alpha value is -2.49. The zero-order valence-electron chi connectivity index (χ0n) is 14.2. The SMILES string of the molecule is CC(Sc1nnnn1C1CC1)C(=O)NCCNC(=O)c1ccccc1F. The van der Waals surface area contributed by atoms with Crippen LogP contribution < -0.4 is 10.6 Å². The average molecular weight is 378 g/mol. The van der Waals surface area contributed by atoms with Crippen LogP contribution in [-0.4, -0.2) is 50.4 Å². The fourth-order valence-corrected chi connectivity index (χ4v) is 3.15. The van der Waals surface area contributed by atoms with E-state index in [1.165, 1.54) is 30.0 Å². The summed E-state index contributed by atoms with van der Waals surface area (Å²) in [4.78, 5) is 24.0. The molecular formula is C16H19FN6O2S. The Balaban J connectivity index is 1.40. The maximum Gasteiger partial charge on any atom is 0.254 e. The van der Waals surface area contributed by atoms with Gasteiger partial charge in [0.2, 0.25) is 11.1 Å². The van der Waals surface area contributed by atoms with Crippen molar-refractivity contribution in [2.75, 3.05) is 13.1 Å². The zero-order valence-corrected chi connectivity index (χ0v) is 15.0. The predicted molar refractivity (Wildman–Crippen MR) is 93.1 cm³/mol. The second-order valence-electron chi connectivity index (χ2n) is 5.92. The minimum absolute atomic E-state index is 0.0188. The topological polar surface area (TPSA) is 102 Å². The summed E-state index contributed by atoms with van der Waals surface area (Å²) in [5.74, 6) is -1.27. The molecule has 2 amide bonds. The van der Waals surface area contributed by atoms with E-state index >= 15 is 0 Å². The molecule has 1 saturated carbocycles. The van der Waals surface area contributed by atoms with E-state index in [-0.39, 0.29) is 29.8 Å². The van der Waals surface area contributed by atoms with Crippen LogP contribution >= 0.6 is 11.8 Å². The molecule has 1 aliphatic carbocycles. The standard InChI is InChI=1S/C16H19FN6O2S/c1-10(26-16-20-21-22-23(16)11-6-7-11)14(24)18-8-9-19-15(25)12-4-2-3-5-13(12)17/h2-5,10-11H,6-9H2,1H3,(H,18,24)(H,19,25). The first kappa shape index (κ1) is 18.3. The third kappa shape index (κ3) is 4.57. The van der Waals surface area contributed by atoms with Crippen LogP contribution in [0.5, 0.6) is 0 Å². The van der Waals surface area contributed by atoms with Crippen molar-refractivity contribution < 1.29 is 14.0 Å². The molecule has 3 rings (SSSR count). The van der Waals surface area contributed by atoms with Crippen molar-refractivity contribution in [1.29, 1.82) is 0 Å². The zero-order chi connectivity index (χ0) is 18.5. The van der Waals surface area contributed by atoms with E-state index in [0.717, 1.165) is 12.8 Å². The maximum absolute atomic E-state index is 13.5. The Labute approximate surface area is 153 Å². The summed E-state index contributed by atoms with van der Waals surface area (Å²) in [6.45, 7) is 2.22. The van der Waals surface area contributed by atoms with Crippen molar-refractivity contribution in [2.45, 2.75) is 36.2 Å². The van der Waals surface area contributed by atoms with Gasteiger partial charge in [0.1, 0.15) is 5.82 Å². The average Bonchev–Trinajstić information content (AvgIpc) is 3.38. The number of amides is 2. The van der Waals surface area contributed by atoms with E-state index in [0.29, 0.717) is 11.2 Å². The molecule has 1 unspecified atom stereocenters. The van der Waals surface area contributed by atoms with Crippen LogP contribution in [0.2, 0.25) is 0 Å². The number of carbonyl (C=O) groups excluding carboxylic acids is 2. The van der Waals surface area contributed by atoms with Crippen LogP contribution in [0.3, 0.4) is 0 Å². The molecule has 0 bridgehead atoms. The molecule has 1 heterocycles. The van der Waals surface area contributed by atoms with Gasteiger partial charge in [0, 0.05) is 13.1 Å². The molecular weight excluding hydrogens is 359 g/mol. The fraction of sp³-hybridized carbons (Fsp3) is 0.438. The Morgan fingerprint density at radius 3 is 2.77 bits per heavy atom. The van der Waals surface area contributed by atoms with E-state index in [1.54, 1.807) is 17.7 Å². The second-order valence-corrected chi connectivity index (χ2v) is 7.23. The third-order valence-electron chi connectivity index (χ3n) is 3.84. The number of aromatic nitrogens is 4. The van der Waals surface area contributed by atoms with E-state index in [9.17, 15) is 14.0 Å². The quantitative estimate of drug-likeness (QED) is 0.528. The molecule has 1 atom stereocenters. The summed E-state index contributed by atoms with van der Waals surface area (Å²) in [6.07, 6.45) is 2.11.